The van der Waals surface area contributed by atoms with E-state index in [0.29, 0.717) is 22.9 Å². The van der Waals surface area contributed by atoms with Crippen molar-refractivity contribution in [3.05, 3.63) is 22.5 Å². The quantitative estimate of drug-likeness (QED) is 0.733. The molecule has 0 spiro atoms. The Hall–Kier alpha value is -1.76. The van der Waals surface area contributed by atoms with E-state index >= 15 is 0 Å². The van der Waals surface area contributed by atoms with Crippen LogP contribution >= 0.6 is 11.5 Å². The highest BCUT2D eigenvalue weighted by atomic mass is 32.1. The Morgan fingerprint density at radius 2 is 2.20 bits per heavy atom. The average Bonchev–Trinajstić information content (AvgIpc) is 3.05. The molecule has 0 fully saturated rings. The van der Waals surface area contributed by atoms with Crippen LogP contribution in [0.5, 0.6) is 5.75 Å². The largest absolute Gasteiger partial charge is 0.493 e. The molecule has 0 radical (unpaired) electrons. The molecule has 0 atom stereocenters. The maximum absolute atomic E-state index is 12.7. The summed E-state index contributed by atoms with van der Waals surface area (Å²) in [6, 6.07) is 0. The third-order valence-electron chi connectivity index (χ3n) is 2.93. The van der Waals surface area contributed by atoms with E-state index in [9.17, 15) is 4.79 Å². The van der Waals surface area contributed by atoms with E-state index in [0.717, 1.165) is 36.5 Å². The second-order valence-electron chi connectivity index (χ2n) is 4.41. The Labute approximate surface area is 121 Å². The highest BCUT2D eigenvalue weighted by Gasteiger charge is 2.25. The van der Waals surface area contributed by atoms with Crippen LogP contribution in [0, 0.1) is 0 Å². The zero-order valence-electron chi connectivity index (χ0n) is 11.9. The second-order valence-corrected chi connectivity index (χ2v) is 5.17. The van der Waals surface area contributed by atoms with E-state index in [1.165, 1.54) is 0 Å². The number of ketones is 1. The Kier molecular flexibility index (Phi) is 4.84. The maximum atomic E-state index is 12.7. The normalized spacial score (nSPS) is 10.8. The number of methoxy groups -OCH3 is 1. The minimum Gasteiger partial charge on any atom is -0.493 e. The molecule has 0 amide bonds. The Morgan fingerprint density at radius 1 is 1.40 bits per heavy atom. The van der Waals surface area contributed by atoms with Gasteiger partial charge in [-0.05, 0) is 24.4 Å². The maximum Gasteiger partial charge on any atom is 0.228 e. The molecule has 0 aliphatic carbocycles. The Morgan fingerprint density at radius 3 is 2.85 bits per heavy atom. The molecule has 108 valence electrons. The van der Waals surface area contributed by atoms with Crippen LogP contribution in [0.25, 0.3) is 0 Å². The summed E-state index contributed by atoms with van der Waals surface area (Å²) in [6.07, 6.45) is 4.16. The van der Waals surface area contributed by atoms with Crippen LogP contribution in [-0.4, -0.2) is 32.3 Å². The van der Waals surface area contributed by atoms with Crippen molar-refractivity contribution < 1.29 is 9.53 Å². The lowest BCUT2D eigenvalue weighted by atomic mass is 10.1. The molecule has 2 rings (SSSR count). The molecule has 0 bridgehead atoms. The van der Waals surface area contributed by atoms with Crippen LogP contribution in [0.4, 0.5) is 0 Å². The molecule has 0 saturated carbocycles. The predicted molar refractivity (Wildman–Crippen MR) is 76.4 cm³/mol. The first kappa shape index (κ1) is 14.6. The molecule has 0 aromatic carbocycles. The zero-order valence-corrected chi connectivity index (χ0v) is 12.7. The SMILES string of the molecule is CCCc1nnsc1C(=O)c1c(OC)cnn1CCC. The number of ether oxygens (including phenoxy) is 1. The van der Waals surface area contributed by atoms with Crippen molar-refractivity contribution in [1.29, 1.82) is 0 Å². The van der Waals surface area contributed by atoms with Gasteiger partial charge in [-0.25, -0.2) is 0 Å². The summed E-state index contributed by atoms with van der Waals surface area (Å²) in [5, 5.41) is 8.26. The summed E-state index contributed by atoms with van der Waals surface area (Å²) in [7, 11) is 1.54. The smallest absolute Gasteiger partial charge is 0.228 e. The van der Waals surface area contributed by atoms with Gasteiger partial charge in [-0.3, -0.25) is 9.48 Å². The molecule has 2 aromatic rings. The van der Waals surface area contributed by atoms with Crippen molar-refractivity contribution in [3.63, 3.8) is 0 Å². The fourth-order valence-electron chi connectivity index (χ4n) is 2.02. The summed E-state index contributed by atoms with van der Waals surface area (Å²) in [5.41, 5.74) is 1.24. The van der Waals surface area contributed by atoms with Gasteiger partial charge < -0.3 is 4.74 Å². The molecule has 2 aromatic heterocycles. The van der Waals surface area contributed by atoms with E-state index in [1.54, 1.807) is 18.0 Å². The lowest BCUT2D eigenvalue weighted by Gasteiger charge is -2.06. The van der Waals surface area contributed by atoms with Gasteiger partial charge in [0.2, 0.25) is 5.78 Å². The van der Waals surface area contributed by atoms with Crippen LogP contribution < -0.4 is 4.74 Å². The monoisotopic (exact) mass is 294 g/mol. The standard InChI is InChI=1S/C13H18N4O2S/c1-4-6-9-13(20-16-15-9)12(18)11-10(19-3)8-14-17(11)7-5-2/h8H,4-7H2,1-3H3. The summed E-state index contributed by atoms with van der Waals surface area (Å²) >= 11 is 1.13. The van der Waals surface area contributed by atoms with Crippen LogP contribution in [-0.2, 0) is 13.0 Å². The van der Waals surface area contributed by atoms with Gasteiger partial charge in [-0.2, -0.15) is 5.10 Å². The molecule has 0 unspecified atom stereocenters. The number of aryl methyl sites for hydroxylation is 2. The van der Waals surface area contributed by atoms with Gasteiger partial charge in [0, 0.05) is 6.54 Å². The van der Waals surface area contributed by atoms with Crippen molar-refractivity contribution >= 4 is 17.3 Å². The third-order valence-corrected chi connectivity index (χ3v) is 3.69. The Bertz CT molecular complexity index is 591. The molecule has 6 nitrogen and oxygen atoms in total. The minimum absolute atomic E-state index is 0.105. The molecule has 0 aliphatic heterocycles. The molecular formula is C13H18N4O2S. The van der Waals surface area contributed by atoms with E-state index in [-0.39, 0.29) is 5.78 Å². The Balaban J connectivity index is 2.41. The van der Waals surface area contributed by atoms with Crippen molar-refractivity contribution in [2.75, 3.05) is 7.11 Å². The molecule has 0 aliphatic rings. The molecule has 2 heterocycles. The number of hydrogen-bond acceptors (Lipinski definition) is 6. The van der Waals surface area contributed by atoms with Crippen LogP contribution in [0.3, 0.4) is 0 Å². The van der Waals surface area contributed by atoms with Crippen LogP contribution in [0.15, 0.2) is 6.20 Å². The van der Waals surface area contributed by atoms with Gasteiger partial charge in [-0.15, -0.1) is 5.10 Å². The average molecular weight is 294 g/mol. The summed E-state index contributed by atoms with van der Waals surface area (Å²) in [5.74, 6) is 0.394. The van der Waals surface area contributed by atoms with Gasteiger partial charge in [0.15, 0.2) is 11.4 Å². The minimum atomic E-state index is -0.105. The van der Waals surface area contributed by atoms with E-state index in [4.69, 9.17) is 4.74 Å². The van der Waals surface area contributed by atoms with E-state index in [2.05, 4.69) is 21.6 Å². The summed E-state index contributed by atoms with van der Waals surface area (Å²) in [4.78, 5) is 13.3. The second kappa shape index (κ2) is 6.60. The van der Waals surface area contributed by atoms with Gasteiger partial charge in [-0.1, -0.05) is 24.8 Å². The first-order valence-corrected chi connectivity index (χ1v) is 7.45. The molecule has 0 N–H and O–H groups in total. The van der Waals surface area contributed by atoms with Crippen molar-refractivity contribution in [1.82, 2.24) is 19.4 Å². The number of rotatable bonds is 7. The summed E-state index contributed by atoms with van der Waals surface area (Å²) < 4.78 is 10.8. The summed E-state index contributed by atoms with van der Waals surface area (Å²) in [6.45, 7) is 4.77. The lowest BCUT2D eigenvalue weighted by Crippen LogP contribution is -2.13. The van der Waals surface area contributed by atoms with E-state index < -0.39 is 0 Å². The predicted octanol–water partition coefficient (Wildman–Crippen LogP) is 2.34. The first-order chi connectivity index (χ1) is 9.72. The van der Waals surface area contributed by atoms with E-state index in [1.807, 2.05) is 6.92 Å². The fourth-order valence-corrected chi connectivity index (χ4v) is 2.67. The van der Waals surface area contributed by atoms with Crippen molar-refractivity contribution in [2.45, 2.75) is 39.7 Å². The first-order valence-electron chi connectivity index (χ1n) is 6.68. The third kappa shape index (κ3) is 2.72. The topological polar surface area (TPSA) is 69.9 Å². The molecule has 7 heteroatoms. The lowest BCUT2D eigenvalue weighted by molar-refractivity contribution is 0.102. The van der Waals surface area contributed by atoms with Gasteiger partial charge in [0.25, 0.3) is 0 Å². The van der Waals surface area contributed by atoms with Gasteiger partial charge in [0.1, 0.15) is 4.88 Å². The number of carbonyl (C=O) groups is 1. The molecule has 0 saturated heterocycles. The van der Waals surface area contributed by atoms with Gasteiger partial charge >= 0.3 is 0 Å². The fraction of sp³-hybridized carbons (Fsp3) is 0.538. The number of aromatic nitrogens is 4. The highest BCUT2D eigenvalue weighted by molar-refractivity contribution is 7.08. The zero-order chi connectivity index (χ0) is 14.5. The highest BCUT2D eigenvalue weighted by Crippen LogP contribution is 2.24. The number of hydrogen-bond donors (Lipinski definition) is 0. The molecule has 20 heavy (non-hydrogen) atoms. The van der Waals surface area contributed by atoms with Crippen LogP contribution in [0.2, 0.25) is 0 Å². The number of carbonyl (C=O) groups excluding carboxylic acids is 1. The van der Waals surface area contributed by atoms with Crippen molar-refractivity contribution in [2.24, 2.45) is 0 Å². The van der Waals surface area contributed by atoms with Crippen molar-refractivity contribution in [3.8, 4) is 5.75 Å². The van der Waals surface area contributed by atoms with Gasteiger partial charge in [0.05, 0.1) is 19.0 Å². The van der Waals surface area contributed by atoms with Crippen LogP contribution in [0.1, 0.15) is 47.7 Å². The molecular weight excluding hydrogens is 276 g/mol. The number of nitrogens with zero attached hydrogens (tertiary/aromatic N) is 4.